The molecular weight excluding hydrogens is 538 g/mol. The fourth-order valence-corrected chi connectivity index (χ4v) is 19.4. The lowest BCUT2D eigenvalue weighted by atomic mass is 9.99. The van der Waals surface area contributed by atoms with Gasteiger partial charge in [-0.25, -0.2) is 0 Å². The van der Waals surface area contributed by atoms with Crippen LogP contribution in [0.5, 0.6) is 0 Å². The molecule has 0 atom stereocenters. The minimum Gasteiger partial charge on any atom is -0.483 e. The Bertz CT molecular complexity index is 510. The molecular formula is C37H68O2P2. The van der Waals surface area contributed by atoms with E-state index in [2.05, 4.69) is 0 Å². The van der Waals surface area contributed by atoms with Crippen molar-refractivity contribution in [3.8, 4) is 0 Å². The summed E-state index contributed by atoms with van der Waals surface area (Å²) in [4.78, 5) is 8.36. The van der Waals surface area contributed by atoms with Gasteiger partial charge in [0.15, 0.2) is 0 Å². The molecule has 6 aliphatic carbocycles. The van der Waals surface area contributed by atoms with Crippen LogP contribution in [0.25, 0.3) is 0 Å². The molecule has 0 aliphatic heterocycles. The highest BCUT2D eigenvalue weighted by atomic mass is 31.1. The van der Waals surface area contributed by atoms with Crippen LogP contribution in [0.4, 0.5) is 0 Å². The zero-order valence-electron chi connectivity index (χ0n) is 27.0. The van der Waals surface area contributed by atoms with E-state index in [0.717, 1.165) is 0 Å². The van der Waals surface area contributed by atoms with Crippen molar-refractivity contribution in [2.24, 2.45) is 0 Å². The molecule has 0 aromatic carbocycles. The standard InChI is InChI=1S/2C18H33P.CH2O2/c2*1-4-10-16(11-5-1)19(17-12-6-2-7-13-17)18-14-8-3-9-15-18;2-1-3/h2*16-18H,1-15H2;1H,(H,2,3). The molecule has 0 heterocycles. The van der Waals surface area contributed by atoms with Crippen LogP contribution >= 0.6 is 15.8 Å². The summed E-state index contributed by atoms with van der Waals surface area (Å²) in [6.45, 7) is -0.250. The first-order valence-corrected chi connectivity index (χ1v) is 22.0. The second kappa shape index (κ2) is 20.4. The van der Waals surface area contributed by atoms with Gasteiger partial charge < -0.3 is 5.11 Å². The quantitative estimate of drug-likeness (QED) is 0.241. The Kier molecular flexibility index (Phi) is 17.0. The topological polar surface area (TPSA) is 37.3 Å². The van der Waals surface area contributed by atoms with Crippen molar-refractivity contribution in [3.05, 3.63) is 0 Å². The highest BCUT2D eigenvalue weighted by molar-refractivity contribution is 7.60. The SMILES string of the molecule is C1CCC(P(C2CCCCC2)C2CCCCC2)CC1.C1CCC(P(C2CCCCC2)C2CCCCC2)CC1.O=CO. The van der Waals surface area contributed by atoms with Crippen LogP contribution in [-0.2, 0) is 4.79 Å². The molecule has 0 bridgehead atoms. The van der Waals surface area contributed by atoms with Gasteiger partial charge in [0.25, 0.3) is 6.47 Å². The van der Waals surface area contributed by atoms with E-state index in [9.17, 15) is 0 Å². The predicted molar refractivity (Wildman–Crippen MR) is 184 cm³/mol. The van der Waals surface area contributed by atoms with Gasteiger partial charge in [-0.3, -0.25) is 4.79 Å². The van der Waals surface area contributed by atoms with Gasteiger partial charge in [0.1, 0.15) is 0 Å². The second-order valence-corrected chi connectivity index (χ2v) is 20.9. The van der Waals surface area contributed by atoms with Crippen LogP contribution in [0.3, 0.4) is 0 Å². The summed E-state index contributed by atoms with van der Waals surface area (Å²) in [7, 11) is 0.770. The minimum atomic E-state index is -0.250. The van der Waals surface area contributed by atoms with Crippen molar-refractivity contribution < 1.29 is 9.90 Å². The molecule has 0 aromatic heterocycles. The maximum Gasteiger partial charge on any atom is 0.290 e. The zero-order valence-corrected chi connectivity index (χ0v) is 28.8. The molecule has 0 unspecified atom stereocenters. The lowest BCUT2D eigenvalue weighted by Crippen LogP contribution is -2.28. The first-order valence-electron chi connectivity index (χ1n) is 18.9. The smallest absolute Gasteiger partial charge is 0.290 e. The summed E-state index contributed by atoms with van der Waals surface area (Å²) in [5.74, 6) is 0. The van der Waals surface area contributed by atoms with E-state index in [0.29, 0.717) is 15.8 Å². The van der Waals surface area contributed by atoms with Gasteiger partial charge in [-0.05, 0) is 111 Å². The summed E-state index contributed by atoms with van der Waals surface area (Å²) < 4.78 is 0. The van der Waals surface area contributed by atoms with Gasteiger partial charge in [0.05, 0.1) is 0 Å². The lowest BCUT2D eigenvalue weighted by Gasteiger charge is -2.44. The Hall–Kier alpha value is 0.330. The monoisotopic (exact) mass is 606 g/mol. The highest BCUT2D eigenvalue weighted by Crippen LogP contribution is 2.63. The first-order chi connectivity index (χ1) is 20.3. The normalized spacial score (nSPS) is 27.1. The number of hydrogen-bond donors (Lipinski definition) is 1. The van der Waals surface area contributed by atoms with Crippen LogP contribution in [0.1, 0.15) is 193 Å². The summed E-state index contributed by atoms with van der Waals surface area (Å²) in [6, 6.07) is 0. The summed E-state index contributed by atoms with van der Waals surface area (Å²) >= 11 is 0. The lowest BCUT2D eigenvalue weighted by molar-refractivity contribution is -0.122. The van der Waals surface area contributed by atoms with Crippen LogP contribution in [0.2, 0.25) is 0 Å². The van der Waals surface area contributed by atoms with Crippen molar-refractivity contribution in [3.63, 3.8) is 0 Å². The van der Waals surface area contributed by atoms with E-state index in [4.69, 9.17) is 9.90 Å². The van der Waals surface area contributed by atoms with Crippen LogP contribution < -0.4 is 0 Å². The third-order valence-corrected chi connectivity index (χ3v) is 20.1. The molecule has 0 radical (unpaired) electrons. The van der Waals surface area contributed by atoms with Crippen molar-refractivity contribution in [1.82, 2.24) is 0 Å². The fraction of sp³-hybridized carbons (Fsp3) is 0.973. The number of rotatable bonds is 6. The molecule has 0 amide bonds. The second-order valence-electron chi connectivity index (χ2n) is 14.8. The largest absolute Gasteiger partial charge is 0.483 e. The average molecular weight is 607 g/mol. The van der Waals surface area contributed by atoms with Crippen LogP contribution in [0, 0.1) is 0 Å². The maximum atomic E-state index is 8.36. The summed E-state index contributed by atoms with van der Waals surface area (Å²) in [6.07, 6.45) is 47.2. The Morgan fingerprint density at radius 3 is 0.561 bits per heavy atom. The van der Waals surface area contributed by atoms with E-state index >= 15 is 0 Å². The molecule has 0 spiro atoms. The summed E-state index contributed by atoms with van der Waals surface area (Å²) in [5, 5.41) is 6.89. The van der Waals surface area contributed by atoms with Gasteiger partial charge in [-0.1, -0.05) is 131 Å². The van der Waals surface area contributed by atoms with Crippen molar-refractivity contribution in [2.75, 3.05) is 0 Å². The van der Waals surface area contributed by atoms with Crippen LogP contribution in [0.15, 0.2) is 0 Å². The molecule has 41 heavy (non-hydrogen) atoms. The Morgan fingerprint density at radius 1 is 0.317 bits per heavy atom. The number of carbonyl (C=O) groups is 1. The molecule has 6 fully saturated rings. The van der Waals surface area contributed by atoms with Gasteiger partial charge in [-0.15, -0.1) is 0 Å². The Balaban J connectivity index is 0.000000173. The fourth-order valence-electron chi connectivity index (χ4n) is 10.1. The molecule has 2 nitrogen and oxygen atoms in total. The van der Waals surface area contributed by atoms with E-state index in [1.807, 2.05) is 0 Å². The Labute approximate surface area is 258 Å². The van der Waals surface area contributed by atoms with E-state index in [1.165, 1.54) is 72.5 Å². The molecule has 6 saturated carbocycles. The first kappa shape index (κ1) is 34.2. The third kappa shape index (κ3) is 11.3. The van der Waals surface area contributed by atoms with Crippen molar-refractivity contribution in [1.29, 1.82) is 0 Å². The molecule has 6 rings (SSSR count). The van der Waals surface area contributed by atoms with Gasteiger partial charge in [0, 0.05) is 0 Å². The molecule has 1 N–H and O–H groups in total. The molecule has 238 valence electrons. The molecule has 6 aliphatic rings. The zero-order chi connectivity index (χ0) is 28.5. The van der Waals surface area contributed by atoms with E-state index < -0.39 is 0 Å². The van der Waals surface area contributed by atoms with Crippen LogP contribution in [-0.4, -0.2) is 45.5 Å². The third-order valence-electron chi connectivity index (χ3n) is 12.0. The van der Waals surface area contributed by atoms with Crippen molar-refractivity contribution in [2.45, 2.75) is 227 Å². The Morgan fingerprint density at radius 2 is 0.439 bits per heavy atom. The summed E-state index contributed by atoms with van der Waals surface area (Å²) in [5.41, 5.74) is 7.14. The predicted octanol–water partition coefficient (Wildman–Crippen LogP) is 12.6. The van der Waals surface area contributed by atoms with E-state index in [-0.39, 0.29) is 6.47 Å². The molecule has 4 heteroatoms. The van der Waals surface area contributed by atoms with Gasteiger partial charge >= 0.3 is 0 Å². The number of carboxylic acid groups (broad SMARTS) is 1. The molecule has 0 saturated heterocycles. The van der Waals surface area contributed by atoms with Crippen molar-refractivity contribution >= 4 is 22.3 Å². The van der Waals surface area contributed by atoms with E-state index in [1.54, 1.807) is 154 Å². The number of hydrogen-bond acceptors (Lipinski definition) is 1. The molecule has 0 aromatic rings. The van der Waals surface area contributed by atoms with Gasteiger partial charge in [-0.2, -0.15) is 0 Å². The van der Waals surface area contributed by atoms with Gasteiger partial charge in [0.2, 0.25) is 0 Å². The highest BCUT2D eigenvalue weighted by Gasteiger charge is 2.37. The minimum absolute atomic E-state index is 0.250. The average Bonchev–Trinajstić information content (AvgIpc) is 3.05. The maximum absolute atomic E-state index is 8.36.